The number of ether oxygens (including phenoxy) is 2. The van der Waals surface area contributed by atoms with E-state index in [1.165, 1.54) is 28.3 Å². The van der Waals surface area contributed by atoms with Crippen LogP contribution in [0.3, 0.4) is 0 Å². The highest BCUT2D eigenvalue weighted by molar-refractivity contribution is 5.82. The van der Waals surface area contributed by atoms with Crippen LogP contribution in [0.1, 0.15) is 125 Å². The molecule has 0 spiro atoms. The van der Waals surface area contributed by atoms with Crippen LogP contribution in [0.25, 0.3) is 0 Å². The number of aliphatic carboxylic acids is 2. The summed E-state index contributed by atoms with van der Waals surface area (Å²) in [6.45, 7) is 14.2. The number of nitrogens with zero attached hydrogens (tertiary/aromatic N) is 3. The second-order valence-corrected chi connectivity index (χ2v) is 24.6. The van der Waals surface area contributed by atoms with Crippen molar-refractivity contribution in [3.63, 3.8) is 0 Å². The maximum atomic E-state index is 13.9. The summed E-state index contributed by atoms with van der Waals surface area (Å²) in [5.41, 5.74) is 18.7. The van der Waals surface area contributed by atoms with Gasteiger partial charge in [0.15, 0.2) is 0 Å². The fourth-order valence-electron chi connectivity index (χ4n) is 9.81. The number of nitrogens with two attached hydrogens (primary N) is 2. The van der Waals surface area contributed by atoms with Crippen LogP contribution in [0.4, 0.5) is 27.2 Å². The summed E-state index contributed by atoms with van der Waals surface area (Å²) in [6, 6.07) is 30.3. The van der Waals surface area contributed by atoms with E-state index in [9.17, 15) is 46.3 Å². The lowest BCUT2D eigenvalue weighted by molar-refractivity contribution is -0.192. The number of halogens is 4. The summed E-state index contributed by atoms with van der Waals surface area (Å²) < 4.78 is 56.7. The number of hydrogen-bond acceptors (Lipinski definition) is 11. The van der Waals surface area contributed by atoms with Crippen molar-refractivity contribution in [3.05, 3.63) is 142 Å². The lowest BCUT2D eigenvalue weighted by Crippen LogP contribution is -2.51. The molecule has 18 nitrogen and oxygen atoms in total. The largest absolute Gasteiger partial charge is 0.490 e. The van der Waals surface area contributed by atoms with Gasteiger partial charge in [-0.05, 0) is 151 Å². The highest BCUT2D eigenvalue weighted by atomic mass is 19.4. The van der Waals surface area contributed by atoms with Gasteiger partial charge in [0.05, 0.1) is 24.0 Å². The first-order valence-corrected chi connectivity index (χ1v) is 29.3. The van der Waals surface area contributed by atoms with Crippen LogP contribution in [0.5, 0.6) is 0 Å². The number of alkyl halides is 3. The standard InChI is InChI=1S/C24H28FN3O2.C19H26N2O3.C15H22N2O2.C4H6O2.C2HF3O2/c25-22-8-4-3-6-18(22)11-20(26)13-23(29)28-15-19-7-2-1-5-17(19)12-21(28)14-27-24(30)16-9-10-16;1-19(2,3)24-18(23)21-12-15-7-5-4-6-14(15)10-16(21)11-20-17(22)13-8-9-13;1-15(2,3)19-14(18)17-10-12-7-5-4-6-11(12)8-13(17)9-16;5-4(6)3-1-2-3;3-2(4,5)1(6)7/h1-8,16,20-21H,9-15,26H2,(H,27,30);4-7,13,16H,8-12H2,1-3H3,(H,20,22);4-7,13H,8-10,16H2,1-3H3;3H,1-2H2,(H,5,6);(H,6,7)/t20-,21+;16-;13-;;/m100../s1. The van der Waals surface area contributed by atoms with Crippen LogP contribution in [0, 0.1) is 23.6 Å². The molecule has 3 saturated carbocycles. The van der Waals surface area contributed by atoms with Crippen molar-refractivity contribution in [2.45, 2.75) is 173 Å². The van der Waals surface area contributed by atoms with Crippen LogP contribution in [0.2, 0.25) is 0 Å². The molecule has 4 aromatic carbocycles. The van der Waals surface area contributed by atoms with Crippen LogP contribution >= 0.6 is 0 Å². The van der Waals surface area contributed by atoms with E-state index in [-0.39, 0.29) is 78.0 Å². The third-order valence-corrected chi connectivity index (χ3v) is 14.9. The van der Waals surface area contributed by atoms with E-state index in [2.05, 4.69) is 34.9 Å². The third-order valence-electron chi connectivity index (χ3n) is 14.9. The molecule has 0 aromatic heterocycles. The molecule has 0 radical (unpaired) electrons. The molecule has 3 aliphatic carbocycles. The number of carbonyl (C=O) groups is 7. The van der Waals surface area contributed by atoms with Crippen LogP contribution in [-0.4, -0.2) is 128 Å². The molecule has 5 amide bonds. The zero-order chi connectivity index (χ0) is 63.1. The number of carbonyl (C=O) groups excluding carboxylic acids is 5. The van der Waals surface area contributed by atoms with Gasteiger partial charge in [-0.2, -0.15) is 13.2 Å². The molecule has 3 aliphatic heterocycles. The summed E-state index contributed by atoms with van der Waals surface area (Å²) >= 11 is 0. The van der Waals surface area contributed by atoms with E-state index in [1.807, 2.05) is 95.0 Å². The SMILES string of the molecule is CC(C)(C)OC(=O)N1Cc2ccccc2C[C@H]1CN.CC(C)(C)OC(=O)N1Cc2ccccc2C[C@H]1CNC(=O)C1CC1.N[C@@H](CC(=O)N1Cc2ccccc2C[C@H]1CNC(=O)C1CC1)Cc1ccccc1F.O=C(O)C(F)(F)F.O=C(O)C1CC1. The summed E-state index contributed by atoms with van der Waals surface area (Å²) in [5.74, 6) is -3.22. The van der Waals surface area contributed by atoms with Gasteiger partial charge in [-0.25, -0.2) is 18.8 Å². The Labute approximate surface area is 500 Å². The predicted molar refractivity (Wildman–Crippen MR) is 313 cm³/mol. The van der Waals surface area contributed by atoms with E-state index < -0.39 is 35.4 Å². The highest BCUT2D eigenvalue weighted by Gasteiger charge is 2.39. The first-order valence-electron chi connectivity index (χ1n) is 29.3. The Hall–Kier alpha value is -7.59. The van der Waals surface area contributed by atoms with Gasteiger partial charge in [0.2, 0.25) is 17.7 Å². The maximum absolute atomic E-state index is 13.9. The first kappa shape index (κ1) is 67.5. The van der Waals surface area contributed by atoms with Crippen molar-refractivity contribution in [1.82, 2.24) is 25.3 Å². The Balaban J connectivity index is 0.000000190. The molecule has 10 rings (SSSR count). The van der Waals surface area contributed by atoms with Gasteiger partial charge in [0.1, 0.15) is 17.0 Å². The molecular weight excluding hydrogens is 1120 g/mol. The highest BCUT2D eigenvalue weighted by Crippen LogP contribution is 2.32. The van der Waals surface area contributed by atoms with E-state index in [4.69, 9.17) is 35.9 Å². The Morgan fingerprint density at radius 2 is 0.907 bits per heavy atom. The van der Waals surface area contributed by atoms with Crippen molar-refractivity contribution in [2.75, 3.05) is 19.6 Å². The van der Waals surface area contributed by atoms with Crippen molar-refractivity contribution < 1.29 is 70.8 Å². The quantitative estimate of drug-likeness (QED) is 0.0725. The van der Waals surface area contributed by atoms with Crippen LogP contribution in [-0.2, 0) is 78.8 Å². The molecule has 0 bridgehead atoms. The van der Waals surface area contributed by atoms with Gasteiger partial charge in [0, 0.05) is 63.6 Å². The summed E-state index contributed by atoms with van der Waals surface area (Å²) in [5, 5.41) is 21.2. The van der Waals surface area contributed by atoms with E-state index in [1.54, 1.807) is 28.0 Å². The summed E-state index contributed by atoms with van der Waals surface area (Å²) in [4.78, 5) is 86.0. The zero-order valence-corrected chi connectivity index (χ0v) is 49.9. The number of amides is 5. The molecule has 4 aromatic rings. The monoisotopic (exact) mass is 1200 g/mol. The normalized spacial score (nSPS) is 18.9. The maximum Gasteiger partial charge on any atom is 0.490 e. The van der Waals surface area contributed by atoms with Gasteiger partial charge in [-0.1, -0.05) is 91.0 Å². The number of benzene rings is 4. The Bertz CT molecular complexity index is 2990. The van der Waals surface area contributed by atoms with Gasteiger partial charge >= 0.3 is 30.3 Å². The molecule has 6 aliphatic rings. The van der Waals surface area contributed by atoms with E-state index >= 15 is 0 Å². The Kier molecular flexibility index (Phi) is 23.7. The number of fused-ring (bicyclic) bond motifs is 3. The van der Waals surface area contributed by atoms with Gasteiger partial charge in [-0.15, -0.1) is 0 Å². The van der Waals surface area contributed by atoms with Crippen molar-refractivity contribution in [3.8, 4) is 0 Å². The van der Waals surface area contributed by atoms with Crippen molar-refractivity contribution in [2.24, 2.45) is 29.2 Å². The minimum Gasteiger partial charge on any atom is -0.481 e. The summed E-state index contributed by atoms with van der Waals surface area (Å²) in [6.07, 6.45) is 2.67. The molecule has 86 heavy (non-hydrogen) atoms. The Morgan fingerprint density at radius 1 is 0.558 bits per heavy atom. The molecule has 3 fully saturated rings. The van der Waals surface area contributed by atoms with Crippen molar-refractivity contribution in [1.29, 1.82) is 0 Å². The molecule has 468 valence electrons. The molecule has 0 saturated heterocycles. The number of rotatable bonds is 12. The predicted octanol–water partition coefficient (Wildman–Crippen LogP) is 8.86. The van der Waals surface area contributed by atoms with Gasteiger partial charge < -0.3 is 46.7 Å². The summed E-state index contributed by atoms with van der Waals surface area (Å²) in [7, 11) is 0. The molecule has 0 unspecified atom stereocenters. The van der Waals surface area contributed by atoms with Crippen molar-refractivity contribution >= 4 is 41.8 Å². The van der Waals surface area contributed by atoms with E-state index in [0.717, 1.165) is 62.5 Å². The topological polar surface area (TPSA) is 264 Å². The Morgan fingerprint density at radius 3 is 1.26 bits per heavy atom. The fraction of sp³-hybridized carbons (Fsp3) is 0.516. The fourth-order valence-corrected chi connectivity index (χ4v) is 9.81. The second-order valence-electron chi connectivity index (χ2n) is 24.6. The second kappa shape index (κ2) is 30.2. The van der Waals surface area contributed by atoms with E-state index in [0.29, 0.717) is 57.7 Å². The number of hydrogen-bond donors (Lipinski definition) is 6. The number of carboxylic acid groups (broad SMARTS) is 2. The molecule has 3 heterocycles. The first-order chi connectivity index (χ1) is 40.5. The van der Waals surface area contributed by atoms with Crippen LogP contribution < -0.4 is 22.1 Å². The minimum atomic E-state index is -5.08. The lowest BCUT2D eigenvalue weighted by atomic mass is 9.93. The third kappa shape index (κ3) is 21.7. The average molecular weight is 1200 g/mol. The van der Waals surface area contributed by atoms with Gasteiger partial charge in [0.25, 0.3) is 0 Å². The lowest BCUT2D eigenvalue weighted by Gasteiger charge is -2.37. The number of carboxylic acids is 2. The molecule has 22 heteroatoms. The van der Waals surface area contributed by atoms with Crippen LogP contribution in [0.15, 0.2) is 97.1 Å². The number of nitrogens with one attached hydrogen (secondary N) is 2. The molecular formula is C64H83F4N7O11. The smallest absolute Gasteiger partial charge is 0.481 e. The molecule has 4 atom stereocenters. The average Bonchev–Trinajstić information content (AvgIpc) is 2.18. The zero-order valence-electron chi connectivity index (χ0n) is 49.9. The minimum absolute atomic E-state index is 0.0183. The molecule has 8 N–H and O–H groups in total. The van der Waals surface area contributed by atoms with Gasteiger partial charge in [-0.3, -0.25) is 29.0 Å².